The van der Waals surface area contributed by atoms with E-state index in [2.05, 4.69) is 23.3 Å². The summed E-state index contributed by atoms with van der Waals surface area (Å²) in [6.07, 6.45) is 0. The lowest BCUT2D eigenvalue weighted by molar-refractivity contribution is 0.173. The van der Waals surface area contributed by atoms with E-state index < -0.39 is 0 Å². The van der Waals surface area contributed by atoms with Crippen molar-refractivity contribution in [3.05, 3.63) is 34.9 Å². The first kappa shape index (κ1) is 12.8. The van der Waals surface area contributed by atoms with Crippen LogP contribution in [0.4, 0.5) is 0 Å². The van der Waals surface area contributed by atoms with E-state index in [-0.39, 0.29) is 12.4 Å². The second kappa shape index (κ2) is 5.71. The van der Waals surface area contributed by atoms with Crippen molar-refractivity contribution in [2.24, 2.45) is 0 Å². The number of rotatable bonds is 3. The molecule has 0 radical (unpaired) electrons. The van der Waals surface area contributed by atoms with Crippen LogP contribution in [0.1, 0.15) is 5.56 Å². The van der Waals surface area contributed by atoms with Crippen LogP contribution in [0.25, 0.3) is 0 Å². The molecule has 1 heterocycles. The molecule has 0 unspecified atom stereocenters. The van der Waals surface area contributed by atoms with Crippen molar-refractivity contribution in [3.8, 4) is 0 Å². The molecular weight excluding hydrogens is 231 g/mol. The SMILES string of the molecule is CN(Cc1cccc(Cl)c1)C1CNC1.Cl. The second-order valence-electron chi connectivity index (χ2n) is 3.86. The summed E-state index contributed by atoms with van der Waals surface area (Å²) in [5, 5.41) is 4.09. The van der Waals surface area contributed by atoms with Crippen LogP contribution in [0.2, 0.25) is 5.02 Å². The van der Waals surface area contributed by atoms with Crippen molar-refractivity contribution in [2.45, 2.75) is 12.6 Å². The molecular formula is C11H16Cl2N2. The van der Waals surface area contributed by atoms with E-state index in [0.717, 1.165) is 24.7 Å². The molecule has 1 aromatic carbocycles. The molecule has 1 saturated heterocycles. The smallest absolute Gasteiger partial charge is 0.0409 e. The fraction of sp³-hybridized carbons (Fsp3) is 0.455. The highest BCUT2D eigenvalue weighted by atomic mass is 35.5. The third-order valence-corrected chi connectivity index (χ3v) is 2.94. The monoisotopic (exact) mass is 246 g/mol. The largest absolute Gasteiger partial charge is 0.314 e. The van der Waals surface area contributed by atoms with Gasteiger partial charge in [0.15, 0.2) is 0 Å². The summed E-state index contributed by atoms with van der Waals surface area (Å²) in [5.41, 5.74) is 1.28. The molecule has 2 nitrogen and oxygen atoms in total. The molecule has 0 atom stereocenters. The molecule has 1 aromatic rings. The molecule has 0 saturated carbocycles. The molecule has 0 bridgehead atoms. The molecule has 1 N–H and O–H groups in total. The lowest BCUT2D eigenvalue weighted by atomic mass is 10.1. The molecule has 2 rings (SSSR count). The molecule has 1 aliphatic rings. The third kappa shape index (κ3) is 3.35. The van der Waals surface area contributed by atoms with Gasteiger partial charge in [-0.1, -0.05) is 23.7 Å². The predicted octanol–water partition coefficient (Wildman–Crippen LogP) is 2.17. The minimum Gasteiger partial charge on any atom is -0.314 e. The van der Waals surface area contributed by atoms with Crippen LogP contribution in [-0.2, 0) is 6.54 Å². The Labute approximate surface area is 102 Å². The Morgan fingerprint density at radius 3 is 2.73 bits per heavy atom. The molecule has 0 spiro atoms. The highest BCUT2D eigenvalue weighted by Gasteiger charge is 2.20. The average molecular weight is 247 g/mol. The number of halogens is 2. The molecule has 84 valence electrons. The standard InChI is InChI=1S/C11H15ClN2.ClH/c1-14(11-6-13-7-11)8-9-3-2-4-10(12)5-9;/h2-5,11,13H,6-8H2,1H3;1H. The summed E-state index contributed by atoms with van der Waals surface area (Å²) in [5.74, 6) is 0. The van der Waals surface area contributed by atoms with Crippen molar-refractivity contribution in [2.75, 3.05) is 20.1 Å². The Morgan fingerprint density at radius 2 is 2.20 bits per heavy atom. The molecule has 0 aromatic heterocycles. The van der Waals surface area contributed by atoms with Gasteiger partial charge in [-0.2, -0.15) is 0 Å². The maximum atomic E-state index is 5.92. The van der Waals surface area contributed by atoms with Crippen molar-refractivity contribution >= 4 is 24.0 Å². The van der Waals surface area contributed by atoms with E-state index in [1.807, 2.05) is 18.2 Å². The molecule has 1 fully saturated rings. The van der Waals surface area contributed by atoms with Crippen LogP contribution in [0.3, 0.4) is 0 Å². The number of nitrogens with zero attached hydrogens (tertiary/aromatic N) is 1. The zero-order valence-electron chi connectivity index (χ0n) is 8.74. The lowest BCUT2D eigenvalue weighted by Crippen LogP contribution is -2.55. The Balaban J connectivity index is 0.00000112. The van der Waals surface area contributed by atoms with Gasteiger partial charge in [0.25, 0.3) is 0 Å². The Bertz CT molecular complexity index is 313. The summed E-state index contributed by atoms with van der Waals surface area (Å²) in [6, 6.07) is 8.76. The van der Waals surface area contributed by atoms with Gasteiger partial charge < -0.3 is 5.32 Å². The van der Waals surface area contributed by atoms with Gasteiger partial charge in [0.1, 0.15) is 0 Å². The van der Waals surface area contributed by atoms with Gasteiger partial charge in [0.05, 0.1) is 0 Å². The van der Waals surface area contributed by atoms with Gasteiger partial charge in [-0.3, -0.25) is 4.90 Å². The molecule has 0 amide bonds. The maximum Gasteiger partial charge on any atom is 0.0409 e. The Morgan fingerprint density at radius 1 is 1.47 bits per heavy atom. The summed E-state index contributed by atoms with van der Waals surface area (Å²) >= 11 is 5.92. The van der Waals surface area contributed by atoms with Crippen LogP contribution < -0.4 is 5.32 Å². The van der Waals surface area contributed by atoms with E-state index in [1.165, 1.54) is 5.56 Å². The van der Waals surface area contributed by atoms with Gasteiger partial charge >= 0.3 is 0 Å². The first-order valence-electron chi connectivity index (χ1n) is 4.91. The van der Waals surface area contributed by atoms with E-state index in [4.69, 9.17) is 11.6 Å². The minimum absolute atomic E-state index is 0. The molecule has 1 aliphatic heterocycles. The molecule has 4 heteroatoms. The van der Waals surface area contributed by atoms with Gasteiger partial charge in [0, 0.05) is 30.7 Å². The fourth-order valence-corrected chi connectivity index (χ4v) is 1.85. The fourth-order valence-electron chi connectivity index (χ4n) is 1.64. The van der Waals surface area contributed by atoms with E-state index in [1.54, 1.807) is 0 Å². The van der Waals surface area contributed by atoms with Crippen molar-refractivity contribution in [1.29, 1.82) is 0 Å². The zero-order chi connectivity index (χ0) is 9.97. The van der Waals surface area contributed by atoms with Crippen LogP contribution in [-0.4, -0.2) is 31.1 Å². The number of hydrogen-bond acceptors (Lipinski definition) is 2. The summed E-state index contributed by atoms with van der Waals surface area (Å²) in [4.78, 5) is 2.36. The van der Waals surface area contributed by atoms with Gasteiger partial charge in [-0.15, -0.1) is 12.4 Å². The van der Waals surface area contributed by atoms with Crippen LogP contribution >= 0.6 is 24.0 Å². The first-order chi connectivity index (χ1) is 6.75. The number of nitrogens with one attached hydrogen (secondary N) is 1. The van der Waals surface area contributed by atoms with Crippen LogP contribution in [0.15, 0.2) is 24.3 Å². The van der Waals surface area contributed by atoms with Gasteiger partial charge in [0.2, 0.25) is 0 Å². The normalized spacial score (nSPS) is 15.9. The Kier molecular flexibility index (Phi) is 4.87. The lowest BCUT2D eigenvalue weighted by Gasteiger charge is -2.35. The number of hydrogen-bond donors (Lipinski definition) is 1. The van der Waals surface area contributed by atoms with Crippen LogP contribution in [0, 0.1) is 0 Å². The maximum absolute atomic E-state index is 5.92. The van der Waals surface area contributed by atoms with E-state index in [0.29, 0.717) is 6.04 Å². The average Bonchev–Trinajstić information content (AvgIpc) is 1.99. The second-order valence-corrected chi connectivity index (χ2v) is 4.29. The first-order valence-corrected chi connectivity index (χ1v) is 5.29. The van der Waals surface area contributed by atoms with Crippen molar-refractivity contribution in [3.63, 3.8) is 0 Å². The zero-order valence-corrected chi connectivity index (χ0v) is 10.3. The van der Waals surface area contributed by atoms with E-state index in [9.17, 15) is 0 Å². The topological polar surface area (TPSA) is 15.3 Å². The number of likely N-dealkylation sites (N-methyl/N-ethyl adjacent to an activating group) is 1. The minimum atomic E-state index is 0. The number of benzene rings is 1. The Hall–Kier alpha value is -0.280. The highest BCUT2D eigenvalue weighted by Crippen LogP contribution is 2.14. The molecule has 15 heavy (non-hydrogen) atoms. The van der Waals surface area contributed by atoms with Gasteiger partial charge in [-0.05, 0) is 24.7 Å². The summed E-state index contributed by atoms with van der Waals surface area (Å²) < 4.78 is 0. The molecule has 0 aliphatic carbocycles. The highest BCUT2D eigenvalue weighted by molar-refractivity contribution is 6.30. The quantitative estimate of drug-likeness (QED) is 0.880. The predicted molar refractivity (Wildman–Crippen MR) is 66.8 cm³/mol. The van der Waals surface area contributed by atoms with Gasteiger partial charge in [-0.25, -0.2) is 0 Å². The van der Waals surface area contributed by atoms with Crippen LogP contribution in [0.5, 0.6) is 0 Å². The van der Waals surface area contributed by atoms with Crippen molar-refractivity contribution < 1.29 is 0 Å². The van der Waals surface area contributed by atoms with Crippen molar-refractivity contribution in [1.82, 2.24) is 10.2 Å². The summed E-state index contributed by atoms with van der Waals surface area (Å²) in [7, 11) is 2.16. The third-order valence-electron chi connectivity index (χ3n) is 2.70. The van der Waals surface area contributed by atoms with E-state index >= 15 is 0 Å². The summed E-state index contributed by atoms with van der Waals surface area (Å²) in [6.45, 7) is 3.20.